The number of benzene rings is 1. The van der Waals surface area contributed by atoms with Crippen molar-refractivity contribution in [1.82, 2.24) is 0 Å². The number of rotatable bonds is 1. The van der Waals surface area contributed by atoms with Gasteiger partial charge in [-0.1, -0.05) is 29.2 Å². The van der Waals surface area contributed by atoms with Crippen LogP contribution in [-0.2, 0) is 10.7 Å². The number of halogens is 1. The Morgan fingerprint density at radius 1 is 1.40 bits per heavy atom. The molecule has 0 saturated carbocycles. The van der Waals surface area contributed by atoms with Crippen molar-refractivity contribution in [3.63, 3.8) is 0 Å². The van der Waals surface area contributed by atoms with Gasteiger partial charge in [-0.3, -0.25) is 0 Å². The third-order valence-corrected chi connectivity index (χ3v) is 6.39. The molecule has 4 heteroatoms. The lowest BCUT2D eigenvalue weighted by atomic mass is 10.3. The molecule has 1 fully saturated rings. The lowest BCUT2D eigenvalue weighted by Gasteiger charge is -2.19. The zero-order valence-corrected chi connectivity index (χ0v) is 11.0. The summed E-state index contributed by atoms with van der Waals surface area (Å²) in [5.74, 6) is 3.35. The van der Waals surface area contributed by atoms with E-state index in [9.17, 15) is 0 Å². The first-order chi connectivity index (χ1) is 7.24. The highest BCUT2D eigenvalue weighted by molar-refractivity contribution is 8.11. The molecule has 1 saturated heterocycles. The fourth-order valence-electron chi connectivity index (χ4n) is 1.48. The molecule has 1 aliphatic rings. The van der Waals surface area contributed by atoms with Crippen LogP contribution in [0.1, 0.15) is 6.92 Å². The van der Waals surface area contributed by atoms with E-state index in [1.165, 1.54) is 16.6 Å². The Morgan fingerprint density at radius 3 is 2.80 bits per heavy atom. The lowest BCUT2D eigenvalue weighted by Crippen LogP contribution is -2.17. The van der Waals surface area contributed by atoms with Gasteiger partial charge in [-0.2, -0.15) is 0 Å². The van der Waals surface area contributed by atoms with E-state index in [2.05, 4.69) is 6.92 Å². The summed E-state index contributed by atoms with van der Waals surface area (Å²) in [4.78, 5) is 0. The third kappa shape index (κ3) is 3.51. The average molecular weight is 260 g/mol. The zero-order chi connectivity index (χ0) is 10.7. The van der Waals surface area contributed by atoms with Gasteiger partial charge in [0.15, 0.2) is 0 Å². The Balaban J connectivity index is 2.11. The van der Waals surface area contributed by atoms with Crippen LogP contribution in [0.2, 0.25) is 5.02 Å². The Hall–Kier alpha value is 0.01000. The highest BCUT2D eigenvalue weighted by atomic mass is 35.5. The molecule has 15 heavy (non-hydrogen) atoms. The second-order valence-electron chi connectivity index (χ2n) is 3.79. The van der Waals surface area contributed by atoms with Gasteiger partial charge in [0.1, 0.15) is 0 Å². The fourth-order valence-corrected chi connectivity index (χ4v) is 5.30. The summed E-state index contributed by atoms with van der Waals surface area (Å²) < 4.78 is 4.76. The highest BCUT2D eigenvalue weighted by Crippen LogP contribution is 2.23. The van der Waals surface area contributed by atoms with Crippen LogP contribution in [0.15, 0.2) is 28.6 Å². The number of thioether (sulfide) groups is 1. The Labute approximate surface area is 103 Å². The highest BCUT2D eigenvalue weighted by Gasteiger charge is 2.12. The molecule has 0 aliphatic carbocycles. The van der Waals surface area contributed by atoms with Gasteiger partial charge in [0.05, 0.1) is 10.8 Å². The smallest absolute Gasteiger partial charge is 0.0704 e. The molecule has 2 atom stereocenters. The van der Waals surface area contributed by atoms with E-state index in [0.717, 1.165) is 16.6 Å². The van der Waals surface area contributed by atoms with Gasteiger partial charge in [0.2, 0.25) is 0 Å². The first-order valence-electron chi connectivity index (χ1n) is 4.97. The van der Waals surface area contributed by atoms with Crippen molar-refractivity contribution >= 4 is 39.7 Å². The molecule has 1 aromatic rings. The third-order valence-electron chi connectivity index (χ3n) is 2.16. The summed E-state index contributed by atoms with van der Waals surface area (Å²) in [5, 5.41) is 1.97. The maximum atomic E-state index is 5.83. The molecule has 0 aromatic heterocycles. The van der Waals surface area contributed by atoms with Gasteiger partial charge in [-0.25, -0.2) is 4.36 Å². The molecule has 0 amide bonds. The minimum atomic E-state index is 0.213. The maximum Gasteiger partial charge on any atom is 0.0704 e. The van der Waals surface area contributed by atoms with Crippen LogP contribution in [0.4, 0.5) is 5.69 Å². The number of hydrogen-bond acceptors (Lipinski definition) is 2. The monoisotopic (exact) mass is 259 g/mol. The minimum absolute atomic E-state index is 0.213. The fraction of sp³-hybridized carbons (Fsp3) is 0.455. The van der Waals surface area contributed by atoms with Crippen molar-refractivity contribution in [3.8, 4) is 0 Å². The Bertz CT molecular complexity index is 361. The van der Waals surface area contributed by atoms with Crippen LogP contribution in [0.5, 0.6) is 0 Å². The molecule has 0 bridgehead atoms. The van der Waals surface area contributed by atoms with E-state index in [1.54, 1.807) is 0 Å². The van der Waals surface area contributed by atoms with Crippen LogP contribution < -0.4 is 0 Å². The first kappa shape index (κ1) is 11.5. The molecule has 0 N–H and O–H groups in total. The van der Waals surface area contributed by atoms with E-state index >= 15 is 0 Å². The molecular weight excluding hydrogens is 246 g/mol. The standard InChI is InChI=1S/C11H14ClNS2/c1-9-6-14-8-15(7-9)13-11-4-2-10(12)3-5-11/h2-5,9H,6-8H2,1H3/t9-,15?/m1/s1. The predicted molar refractivity (Wildman–Crippen MR) is 72.3 cm³/mol. The summed E-state index contributed by atoms with van der Waals surface area (Å²) in [6.45, 7) is 2.31. The molecule has 1 heterocycles. The Morgan fingerprint density at radius 2 is 2.13 bits per heavy atom. The summed E-state index contributed by atoms with van der Waals surface area (Å²) >= 11 is 7.86. The van der Waals surface area contributed by atoms with Gasteiger partial charge in [-0.15, -0.1) is 11.8 Å². The van der Waals surface area contributed by atoms with Crippen molar-refractivity contribution in [2.24, 2.45) is 10.3 Å². The summed E-state index contributed by atoms with van der Waals surface area (Å²) in [6.07, 6.45) is 0. The topological polar surface area (TPSA) is 12.4 Å². The average Bonchev–Trinajstić information content (AvgIpc) is 2.22. The van der Waals surface area contributed by atoms with Gasteiger partial charge in [-0.05, 0) is 35.9 Å². The van der Waals surface area contributed by atoms with Crippen molar-refractivity contribution in [3.05, 3.63) is 29.3 Å². The van der Waals surface area contributed by atoms with Crippen LogP contribution in [0.25, 0.3) is 0 Å². The molecule has 1 aliphatic heterocycles. The van der Waals surface area contributed by atoms with Crippen molar-refractivity contribution in [2.75, 3.05) is 16.6 Å². The molecule has 1 unspecified atom stereocenters. The van der Waals surface area contributed by atoms with Crippen LogP contribution in [0, 0.1) is 5.92 Å². The van der Waals surface area contributed by atoms with Gasteiger partial charge >= 0.3 is 0 Å². The zero-order valence-electron chi connectivity index (χ0n) is 8.65. The van der Waals surface area contributed by atoms with Gasteiger partial charge < -0.3 is 0 Å². The summed E-state index contributed by atoms with van der Waals surface area (Å²) in [5.41, 5.74) is 1.07. The number of hydrogen-bond donors (Lipinski definition) is 0. The van der Waals surface area contributed by atoms with Crippen molar-refractivity contribution in [1.29, 1.82) is 0 Å². The van der Waals surface area contributed by atoms with E-state index in [-0.39, 0.29) is 10.7 Å². The van der Waals surface area contributed by atoms with Crippen LogP contribution in [0.3, 0.4) is 0 Å². The first-order valence-corrected chi connectivity index (χ1v) is 8.02. The SMILES string of the molecule is C[C@@H]1CSCS(=Nc2ccc(Cl)cc2)C1. The molecule has 2 rings (SSSR count). The molecule has 0 radical (unpaired) electrons. The normalized spacial score (nSPS) is 26.8. The van der Waals surface area contributed by atoms with Crippen LogP contribution >= 0.6 is 23.4 Å². The quantitative estimate of drug-likeness (QED) is 0.739. The lowest BCUT2D eigenvalue weighted by molar-refractivity contribution is 0.759. The summed E-state index contributed by atoms with van der Waals surface area (Å²) in [7, 11) is 0.213. The predicted octanol–water partition coefficient (Wildman–Crippen LogP) is 4.11. The molecule has 1 nitrogen and oxygen atoms in total. The molecular formula is C11H14ClNS2. The van der Waals surface area contributed by atoms with E-state index < -0.39 is 0 Å². The van der Waals surface area contributed by atoms with Gasteiger partial charge in [0, 0.05) is 10.8 Å². The largest absolute Gasteiger partial charge is 0.227 e. The van der Waals surface area contributed by atoms with E-state index in [4.69, 9.17) is 16.0 Å². The van der Waals surface area contributed by atoms with Crippen LogP contribution in [-0.4, -0.2) is 16.6 Å². The second kappa shape index (κ2) is 5.37. The second-order valence-corrected chi connectivity index (χ2v) is 7.35. The molecule has 1 aromatic carbocycles. The van der Waals surface area contributed by atoms with Crippen molar-refractivity contribution < 1.29 is 0 Å². The maximum absolute atomic E-state index is 5.83. The minimum Gasteiger partial charge on any atom is -0.227 e. The Kier molecular flexibility index (Phi) is 4.12. The van der Waals surface area contributed by atoms with E-state index in [1.807, 2.05) is 36.0 Å². The van der Waals surface area contributed by atoms with E-state index in [0.29, 0.717) is 0 Å². The van der Waals surface area contributed by atoms with Gasteiger partial charge in [0.25, 0.3) is 0 Å². The molecule has 82 valence electrons. The number of nitrogens with zero attached hydrogens (tertiary/aromatic N) is 1. The summed E-state index contributed by atoms with van der Waals surface area (Å²) in [6, 6.07) is 7.81. The van der Waals surface area contributed by atoms with Crippen molar-refractivity contribution in [2.45, 2.75) is 6.92 Å². The molecule has 0 spiro atoms.